The van der Waals surface area contributed by atoms with Crippen LogP contribution >= 0.6 is 11.8 Å². The third-order valence-electron chi connectivity index (χ3n) is 3.56. The number of thioether (sulfide) groups is 1. The molecule has 2 aromatic rings. The number of aromatic nitrogens is 2. The standard InChI is InChI=1S/C17H21N3O3S/c1-5-23-17(22)15-12(2)18-20(16(15)24-4)11-14(21)19(3)13-9-7-6-8-10-13/h6-10H,5,11H2,1-4H3. The molecular weight excluding hydrogens is 326 g/mol. The summed E-state index contributed by atoms with van der Waals surface area (Å²) in [5.41, 5.74) is 1.80. The van der Waals surface area contributed by atoms with E-state index in [-0.39, 0.29) is 12.5 Å². The van der Waals surface area contributed by atoms with E-state index in [0.29, 0.717) is 22.9 Å². The molecule has 0 bridgehead atoms. The molecule has 1 aromatic carbocycles. The highest BCUT2D eigenvalue weighted by atomic mass is 32.2. The Morgan fingerprint density at radius 3 is 2.54 bits per heavy atom. The van der Waals surface area contributed by atoms with Gasteiger partial charge in [-0.05, 0) is 32.2 Å². The molecule has 1 amide bonds. The minimum atomic E-state index is -0.408. The number of rotatable bonds is 6. The van der Waals surface area contributed by atoms with Crippen molar-refractivity contribution in [1.29, 1.82) is 0 Å². The highest BCUT2D eigenvalue weighted by Gasteiger charge is 2.24. The molecule has 0 saturated heterocycles. The Hall–Kier alpha value is -2.28. The largest absolute Gasteiger partial charge is 0.462 e. The summed E-state index contributed by atoms with van der Waals surface area (Å²) < 4.78 is 6.65. The number of anilines is 1. The second-order valence-electron chi connectivity index (χ2n) is 5.14. The number of ether oxygens (including phenoxy) is 1. The maximum absolute atomic E-state index is 12.5. The quantitative estimate of drug-likeness (QED) is 0.594. The van der Waals surface area contributed by atoms with Crippen LogP contribution in [-0.2, 0) is 16.1 Å². The first-order valence-electron chi connectivity index (χ1n) is 7.59. The van der Waals surface area contributed by atoms with Gasteiger partial charge in [-0.1, -0.05) is 18.2 Å². The van der Waals surface area contributed by atoms with Crippen molar-refractivity contribution < 1.29 is 14.3 Å². The van der Waals surface area contributed by atoms with E-state index in [0.717, 1.165) is 5.69 Å². The van der Waals surface area contributed by atoms with E-state index in [1.165, 1.54) is 11.8 Å². The number of benzene rings is 1. The van der Waals surface area contributed by atoms with Gasteiger partial charge in [0, 0.05) is 12.7 Å². The lowest BCUT2D eigenvalue weighted by Gasteiger charge is -2.17. The average Bonchev–Trinajstić information content (AvgIpc) is 2.90. The van der Waals surface area contributed by atoms with Crippen LogP contribution < -0.4 is 4.90 Å². The number of para-hydroxylation sites is 1. The third-order valence-corrected chi connectivity index (χ3v) is 4.36. The molecule has 0 aliphatic heterocycles. The number of hydrogen-bond donors (Lipinski definition) is 0. The van der Waals surface area contributed by atoms with Crippen LogP contribution in [0, 0.1) is 6.92 Å². The predicted molar refractivity (Wildman–Crippen MR) is 94.6 cm³/mol. The van der Waals surface area contributed by atoms with E-state index in [2.05, 4.69) is 5.10 Å². The molecule has 1 aromatic heterocycles. The lowest BCUT2D eigenvalue weighted by Crippen LogP contribution is -2.30. The van der Waals surface area contributed by atoms with Crippen LogP contribution in [0.15, 0.2) is 35.4 Å². The van der Waals surface area contributed by atoms with E-state index in [9.17, 15) is 9.59 Å². The first-order chi connectivity index (χ1) is 11.5. The molecule has 0 N–H and O–H groups in total. The van der Waals surface area contributed by atoms with Crippen LogP contribution in [0.4, 0.5) is 5.69 Å². The summed E-state index contributed by atoms with van der Waals surface area (Å²) >= 11 is 1.38. The molecule has 24 heavy (non-hydrogen) atoms. The SMILES string of the molecule is CCOC(=O)c1c(C)nn(CC(=O)N(C)c2ccccc2)c1SC. The molecule has 0 spiro atoms. The Labute approximate surface area is 145 Å². The van der Waals surface area contributed by atoms with Crippen molar-refractivity contribution in [3.05, 3.63) is 41.6 Å². The molecule has 0 fully saturated rings. The van der Waals surface area contributed by atoms with Gasteiger partial charge in [0.2, 0.25) is 5.91 Å². The summed E-state index contributed by atoms with van der Waals surface area (Å²) in [6, 6.07) is 9.39. The van der Waals surface area contributed by atoms with Crippen molar-refractivity contribution in [2.45, 2.75) is 25.4 Å². The maximum Gasteiger partial charge on any atom is 0.342 e. The van der Waals surface area contributed by atoms with Gasteiger partial charge in [-0.25, -0.2) is 9.48 Å². The summed E-state index contributed by atoms with van der Waals surface area (Å²) in [5.74, 6) is -0.524. The Morgan fingerprint density at radius 2 is 1.96 bits per heavy atom. The van der Waals surface area contributed by atoms with Gasteiger partial charge in [-0.2, -0.15) is 5.10 Å². The summed E-state index contributed by atoms with van der Waals surface area (Å²) in [7, 11) is 1.72. The first kappa shape index (κ1) is 18.1. The van der Waals surface area contributed by atoms with E-state index in [4.69, 9.17) is 4.74 Å². The topological polar surface area (TPSA) is 64.4 Å². The van der Waals surface area contributed by atoms with Crippen LogP contribution in [0.3, 0.4) is 0 Å². The lowest BCUT2D eigenvalue weighted by molar-refractivity contribution is -0.119. The Bertz CT molecular complexity index is 728. The van der Waals surface area contributed by atoms with Crippen LogP contribution in [0.1, 0.15) is 23.0 Å². The molecule has 0 aliphatic rings. The van der Waals surface area contributed by atoms with E-state index < -0.39 is 5.97 Å². The normalized spacial score (nSPS) is 10.5. The predicted octanol–water partition coefficient (Wildman–Crippen LogP) is 2.75. The number of carbonyl (C=O) groups excluding carboxylic acids is 2. The van der Waals surface area contributed by atoms with Crippen LogP contribution in [0.5, 0.6) is 0 Å². The summed E-state index contributed by atoms with van der Waals surface area (Å²) in [4.78, 5) is 26.2. The minimum absolute atomic E-state index is 0.0574. The van der Waals surface area contributed by atoms with Gasteiger partial charge in [-0.15, -0.1) is 11.8 Å². The van der Waals surface area contributed by atoms with Crippen molar-refractivity contribution in [2.75, 3.05) is 24.8 Å². The number of hydrogen-bond acceptors (Lipinski definition) is 5. The van der Waals surface area contributed by atoms with Crippen LogP contribution in [-0.4, -0.2) is 41.6 Å². The third kappa shape index (κ3) is 3.79. The smallest absolute Gasteiger partial charge is 0.342 e. The molecule has 6 nitrogen and oxygen atoms in total. The maximum atomic E-state index is 12.5. The molecule has 0 unspecified atom stereocenters. The van der Waals surface area contributed by atoms with Crippen molar-refractivity contribution >= 4 is 29.3 Å². The molecule has 128 valence electrons. The molecule has 2 rings (SSSR count). The zero-order valence-electron chi connectivity index (χ0n) is 14.3. The Morgan fingerprint density at radius 1 is 1.29 bits per heavy atom. The number of esters is 1. The highest BCUT2D eigenvalue weighted by Crippen LogP contribution is 2.25. The summed E-state index contributed by atoms with van der Waals surface area (Å²) in [5, 5.41) is 4.99. The second kappa shape index (κ2) is 8.01. The lowest BCUT2D eigenvalue weighted by atomic mass is 10.3. The van der Waals surface area contributed by atoms with Crippen molar-refractivity contribution in [1.82, 2.24) is 9.78 Å². The number of carbonyl (C=O) groups is 2. The number of amides is 1. The Kier molecular flexibility index (Phi) is 6.03. The van der Waals surface area contributed by atoms with Crippen molar-refractivity contribution in [3.8, 4) is 0 Å². The molecule has 7 heteroatoms. The van der Waals surface area contributed by atoms with Gasteiger partial charge in [-0.3, -0.25) is 4.79 Å². The molecule has 0 radical (unpaired) electrons. The van der Waals surface area contributed by atoms with Crippen LogP contribution in [0.25, 0.3) is 0 Å². The van der Waals surface area contributed by atoms with Crippen molar-refractivity contribution in [2.24, 2.45) is 0 Å². The van der Waals surface area contributed by atoms with Gasteiger partial charge in [0.25, 0.3) is 0 Å². The summed E-state index contributed by atoms with van der Waals surface area (Å²) in [6.45, 7) is 3.86. The van der Waals surface area contributed by atoms with Crippen LogP contribution in [0.2, 0.25) is 0 Å². The zero-order valence-corrected chi connectivity index (χ0v) is 15.1. The molecule has 1 heterocycles. The van der Waals surface area contributed by atoms with Gasteiger partial charge >= 0.3 is 5.97 Å². The van der Waals surface area contributed by atoms with Gasteiger partial charge in [0.05, 0.1) is 12.3 Å². The fourth-order valence-electron chi connectivity index (χ4n) is 2.34. The number of likely N-dealkylation sites (N-methyl/N-ethyl adjacent to an activating group) is 1. The molecule has 0 aliphatic carbocycles. The fourth-order valence-corrected chi connectivity index (χ4v) is 3.09. The first-order valence-corrected chi connectivity index (χ1v) is 8.82. The summed E-state index contributed by atoms with van der Waals surface area (Å²) in [6.07, 6.45) is 1.85. The highest BCUT2D eigenvalue weighted by molar-refractivity contribution is 7.98. The second-order valence-corrected chi connectivity index (χ2v) is 5.93. The fraction of sp³-hybridized carbons (Fsp3) is 0.353. The minimum Gasteiger partial charge on any atom is -0.462 e. The van der Waals surface area contributed by atoms with E-state index in [1.807, 2.05) is 36.6 Å². The monoisotopic (exact) mass is 347 g/mol. The van der Waals surface area contributed by atoms with Gasteiger partial charge in [0.15, 0.2) is 0 Å². The zero-order chi connectivity index (χ0) is 17.7. The Balaban J connectivity index is 2.25. The number of nitrogens with zero attached hydrogens (tertiary/aromatic N) is 3. The molecular formula is C17H21N3O3S. The molecule has 0 saturated carbocycles. The number of aryl methyl sites for hydroxylation is 1. The average molecular weight is 347 g/mol. The van der Waals surface area contributed by atoms with E-state index >= 15 is 0 Å². The van der Waals surface area contributed by atoms with Gasteiger partial charge in [0.1, 0.15) is 17.1 Å². The van der Waals surface area contributed by atoms with E-state index in [1.54, 1.807) is 30.5 Å². The van der Waals surface area contributed by atoms with Crippen molar-refractivity contribution in [3.63, 3.8) is 0 Å². The molecule has 0 atom stereocenters. The van der Waals surface area contributed by atoms with Gasteiger partial charge < -0.3 is 9.64 Å².